The van der Waals surface area contributed by atoms with Crippen molar-refractivity contribution in [2.24, 2.45) is 0 Å². The van der Waals surface area contributed by atoms with Crippen molar-refractivity contribution in [3.05, 3.63) is 65.0 Å². The topological polar surface area (TPSA) is 58.9 Å². The largest absolute Gasteiger partial charge is 0.432 e. The average Bonchev–Trinajstić information content (AvgIpc) is 3.24. The zero-order chi connectivity index (χ0) is 20.1. The molecule has 1 aliphatic heterocycles. The van der Waals surface area contributed by atoms with Gasteiger partial charge in [-0.1, -0.05) is 24.3 Å². The monoisotopic (exact) mass is 408 g/mol. The van der Waals surface area contributed by atoms with E-state index >= 15 is 0 Å². The third-order valence-corrected chi connectivity index (χ3v) is 4.93. The van der Waals surface area contributed by atoms with E-state index in [0.717, 1.165) is 22.7 Å². The second-order valence-corrected chi connectivity index (χ2v) is 6.94. The summed E-state index contributed by atoms with van der Waals surface area (Å²) in [5.41, 5.74) is 1.53. The number of hydrogen-bond acceptors (Lipinski definition) is 5. The lowest BCUT2D eigenvalue weighted by molar-refractivity contribution is -0.0963. The molecule has 0 aliphatic carbocycles. The van der Waals surface area contributed by atoms with Crippen molar-refractivity contribution in [2.75, 3.05) is 7.05 Å². The molecule has 2 unspecified atom stereocenters. The third kappa shape index (κ3) is 3.26. The van der Waals surface area contributed by atoms with E-state index in [1.165, 1.54) is 4.90 Å². The maximum atomic E-state index is 12.9. The van der Waals surface area contributed by atoms with Gasteiger partial charge in [0.1, 0.15) is 11.9 Å². The summed E-state index contributed by atoms with van der Waals surface area (Å²) in [6.07, 6.45) is -0.629. The van der Waals surface area contributed by atoms with Crippen LogP contribution >= 0.6 is 11.6 Å². The van der Waals surface area contributed by atoms with Crippen LogP contribution in [-0.2, 0) is 0 Å². The number of allylic oxidation sites excluding steroid dienone is 1. The smallest absolute Gasteiger partial charge is 0.356 e. The van der Waals surface area contributed by atoms with Crippen molar-refractivity contribution in [2.45, 2.75) is 25.3 Å². The van der Waals surface area contributed by atoms with Crippen LogP contribution in [-0.4, -0.2) is 37.9 Å². The Kier molecular flexibility index (Phi) is 4.41. The van der Waals surface area contributed by atoms with Gasteiger partial charge in [0.2, 0.25) is 5.28 Å². The molecular formula is C18H16ClF3N6. The van der Waals surface area contributed by atoms with Crippen LogP contribution in [0.5, 0.6) is 0 Å². The number of rotatable bonds is 3. The number of aromatic nitrogens is 4. The highest BCUT2D eigenvalue weighted by molar-refractivity contribution is 6.28. The number of halogens is 4. The van der Waals surface area contributed by atoms with Crippen LogP contribution in [0.3, 0.4) is 0 Å². The summed E-state index contributed by atoms with van der Waals surface area (Å²) in [6.45, 7) is 1.96. The van der Waals surface area contributed by atoms with Gasteiger partial charge < -0.3 is 10.2 Å². The molecule has 0 saturated carbocycles. The van der Waals surface area contributed by atoms with Gasteiger partial charge in [0.05, 0.1) is 17.6 Å². The molecule has 6 nitrogen and oxygen atoms in total. The molecule has 2 atom stereocenters. The van der Waals surface area contributed by atoms with Gasteiger partial charge in [-0.15, -0.1) is 0 Å². The lowest BCUT2D eigenvalue weighted by Crippen LogP contribution is -2.28. The molecule has 0 saturated heterocycles. The van der Waals surface area contributed by atoms with E-state index in [2.05, 4.69) is 20.4 Å². The average molecular weight is 409 g/mol. The number of nitrogens with zero attached hydrogens (tertiary/aromatic N) is 5. The lowest BCUT2D eigenvalue weighted by atomic mass is 10.0. The molecule has 3 heterocycles. The molecule has 1 N–H and O–H groups in total. The summed E-state index contributed by atoms with van der Waals surface area (Å²) in [5.74, 6) is 0. The van der Waals surface area contributed by atoms with Gasteiger partial charge in [0.15, 0.2) is 5.65 Å². The fourth-order valence-electron chi connectivity index (χ4n) is 3.23. The SMILES string of the molecule is CC(c1ccc(C2NC(C(F)(F)F)=CN2C)cc1)n1ncc2cnc(Cl)nc21. The Labute approximate surface area is 163 Å². The zero-order valence-electron chi connectivity index (χ0n) is 14.9. The van der Waals surface area contributed by atoms with Gasteiger partial charge in [0, 0.05) is 19.4 Å². The molecular weight excluding hydrogens is 393 g/mol. The second kappa shape index (κ2) is 6.66. The van der Waals surface area contributed by atoms with Gasteiger partial charge in [-0.25, -0.2) is 9.67 Å². The molecule has 0 amide bonds. The molecule has 4 rings (SSSR count). The Balaban J connectivity index is 1.57. The van der Waals surface area contributed by atoms with E-state index < -0.39 is 18.0 Å². The van der Waals surface area contributed by atoms with Crippen molar-refractivity contribution in [3.8, 4) is 0 Å². The number of nitrogens with one attached hydrogen (secondary N) is 1. The number of benzene rings is 1. The summed E-state index contributed by atoms with van der Waals surface area (Å²) >= 11 is 5.89. The number of hydrogen-bond donors (Lipinski definition) is 1. The van der Waals surface area contributed by atoms with E-state index in [1.54, 1.807) is 36.3 Å². The summed E-state index contributed by atoms with van der Waals surface area (Å²) in [5, 5.41) is 7.79. The highest BCUT2D eigenvalue weighted by Crippen LogP contribution is 2.33. The molecule has 10 heteroatoms. The van der Waals surface area contributed by atoms with Gasteiger partial charge in [0.25, 0.3) is 0 Å². The van der Waals surface area contributed by atoms with Gasteiger partial charge in [-0.3, -0.25) is 0 Å². The highest BCUT2D eigenvalue weighted by Gasteiger charge is 2.39. The fourth-order valence-corrected chi connectivity index (χ4v) is 3.36. The first-order chi connectivity index (χ1) is 13.2. The van der Waals surface area contributed by atoms with E-state index in [-0.39, 0.29) is 11.3 Å². The quantitative estimate of drug-likeness (QED) is 0.663. The second-order valence-electron chi connectivity index (χ2n) is 6.60. The summed E-state index contributed by atoms with van der Waals surface area (Å²) in [7, 11) is 1.60. The fraction of sp³-hybridized carbons (Fsp3) is 0.278. The maximum absolute atomic E-state index is 12.9. The molecule has 0 fully saturated rings. The Morgan fingerprint density at radius 1 is 1.18 bits per heavy atom. The Morgan fingerprint density at radius 3 is 2.54 bits per heavy atom. The minimum absolute atomic E-state index is 0.139. The van der Waals surface area contributed by atoms with Crippen molar-refractivity contribution in [1.29, 1.82) is 0 Å². The van der Waals surface area contributed by atoms with Crippen molar-refractivity contribution >= 4 is 22.6 Å². The predicted molar refractivity (Wildman–Crippen MR) is 98.4 cm³/mol. The van der Waals surface area contributed by atoms with Crippen molar-refractivity contribution in [1.82, 2.24) is 30.0 Å². The number of alkyl halides is 3. The first-order valence-corrected chi connectivity index (χ1v) is 8.85. The highest BCUT2D eigenvalue weighted by atomic mass is 35.5. The van der Waals surface area contributed by atoms with Gasteiger partial charge >= 0.3 is 6.18 Å². The Hall–Kier alpha value is -2.81. The van der Waals surface area contributed by atoms with Crippen molar-refractivity contribution in [3.63, 3.8) is 0 Å². The zero-order valence-corrected chi connectivity index (χ0v) is 15.7. The van der Waals surface area contributed by atoms with E-state index in [4.69, 9.17) is 11.6 Å². The molecule has 0 spiro atoms. The van der Waals surface area contributed by atoms with Crippen LogP contribution in [0.2, 0.25) is 5.28 Å². The van der Waals surface area contributed by atoms with Crippen LogP contribution < -0.4 is 5.32 Å². The summed E-state index contributed by atoms with van der Waals surface area (Å²) in [4.78, 5) is 9.67. The van der Waals surface area contributed by atoms with E-state index in [9.17, 15) is 13.2 Å². The maximum Gasteiger partial charge on any atom is 0.432 e. The molecule has 2 aromatic heterocycles. The number of fused-ring (bicyclic) bond motifs is 1. The van der Waals surface area contributed by atoms with E-state index in [1.807, 2.05) is 19.1 Å². The third-order valence-electron chi connectivity index (χ3n) is 4.74. The molecule has 28 heavy (non-hydrogen) atoms. The van der Waals surface area contributed by atoms with Crippen molar-refractivity contribution < 1.29 is 13.2 Å². The first kappa shape index (κ1) is 18.5. The standard InChI is InChI=1S/C18H16ClF3N6/c1-10(28-16-13(8-24-28)7-23-17(19)26-16)11-3-5-12(6-4-11)15-25-14(9-27(15)2)18(20,21)22/h3-10,15,25H,1-2H3. The van der Waals surface area contributed by atoms with E-state index in [0.29, 0.717) is 5.65 Å². The van der Waals surface area contributed by atoms with Crippen LogP contribution in [0.25, 0.3) is 11.0 Å². The molecule has 0 radical (unpaired) electrons. The summed E-state index contributed by atoms with van der Waals surface area (Å²) in [6, 6.07) is 7.21. The first-order valence-electron chi connectivity index (χ1n) is 8.47. The molecule has 1 aromatic carbocycles. The van der Waals surface area contributed by atoms with Gasteiger partial charge in [-0.2, -0.15) is 23.3 Å². The summed E-state index contributed by atoms with van der Waals surface area (Å²) < 4.78 is 40.5. The Morgan fingerprint density at radius 2 is 1.89 bits per heavy atom. The molecule has 0 bridgehead atoms. The van der Waals surface area contributed by atoms with Crippen LogP contribution in [0.1, 0.15) is 30.3 Å². The lowest BCUT2D eigenvalue weighted by Gasteiger charge is -2.23. The Bertz CT molecular complexity index is 1040. The molecule has 3 aromatic rings. The van der Waals surface area contributed by atoms with Gasteiger partial charge in [-0.05, 0) is 29.7 Å². The predicted octanol–water partition coefficient (Wildman–Crippen LogP) is 4.03. The minimum Gasteiger partial charge on any atom is -0.356 e. The molecule has 1 aliphatic rings. The molecule has 146 valence electrons. The normalized spacial score (nSPS) is 18.3. The van der Waals surface area contributed by atoms with Crippen LogP contribution in [0.4, 0.5) is 13.2 Å². The van der Waals surface area contributed by atoms with Crippen LogP contribution in [0.15, 0.2) is 48.6 Å². The van der Waals surface area contributed by atoms with Crippen LogP contribution in [0, 0.1) is 0 Å². The minimum atomic E-state index is -4.40.